The van der Waals surface area contributed by atoms with Gasteiger partial charge in [-0.2, -0.15) is 14.8 Å². The first-order chi connectivity index (χ1) is 16.8. The van der Waals surface area contributed by atoms with E-state index in [1.807, 2.05) is 6.07 Å². The quantitative estimate of drug-likeness (QED) is 0.573. The van der Waals surface area contributed by atoms with Gasteiger partial charge in [0.1, 0.15) is 23.7 Å². The molecule has 4 rings (SSSR count). The van der Waals surface area contributed by atoms with Gasteiger partial charge in [-0.15, -0.1) is 0 Å². The lowest BCUT2D eigenvalue weighted by Gasteiger charge is -2.49. The highest BCUT2D eigenvalue weighted by Crippen LogP contribution is 2.36. The molecule has 1 saturated carbocycles. The summed E-state index contributed by atoms with van der Waals surface area (Å²) in [5.41, 5.74) is -0.548. The van der Waals surface area contributed by atoms with Crippen LogP contribution in [0.2, 0.25) is 0 Å². The van der Waals surface area contributed by atoms with Gasteiger partial charge in [0.25, 0.3) is 0 Å². The van der Waals surface area contributed by atoms with Crippen LogP contribution in [0.15, 0.2) is 47.4 Å². The summed E-state index contributed by atoms with van der Waals surface area (Å²) in [6.45, 7) is 0.984. The van der Waals surface area contributed by atoms with E-state index in [-0.39, 0.29) is 53.6 Å². The summed E-state index contributed by atoms with van der Waals surface area (Å²) in [6, 6.07) is 14.0. The number of nitriles is 2. The van der Waals surface area contributed by atoms with Gasteiger partial charge in [-0.1, -0.05) is 12.1 Å². The fraction of sp³-hybridized carbons (Fsp3) is 0.440. The van der Waals surface area contributed by atoms with E-state index in [0.717, 1.165) is 31.7 Å². The highest BCUT2D eigenvalue weighted by Gasteiger charge is 2.49. The van der Waals surface area contributed by atoms with E-state index in [4.69, 9.17) is 10.00 Å². The molecule has 2 aromatic carbocycles. The number of nitrogens with one attached hydrogen (secondary N) is 1. The molecule has 2 fully saturated rings. The maximum Gasteiger partial charge on any atom is 0.244 e. The van der Waals surface area contributed by atoms with E-state index in [0.29, 0.717) is 6.54 Å². The third-order valence-electron chi connectivity index (χ3n) is 6.72. The molecule has 2 N–H and O–H groups in total. The lowest BCUT2D eigenvalue weighted by molar-refractivity contribution is 0.0141. The van der Waals surface area contributed by atoms with Crippen molar-refractivity contribution in [3.63, 3.8) is 0 Å². The maximum atomic E-state index is 14.0. The SMILES string of the molecule is N#Cc1ccc(OCC2(CNC3CCC(O)CC3)CN(S(=O)(=O)c3ccccc3C#N)C2)cc1F. The third kappa shape index (κ3) is 5.47. The zero-order valence-electron chi connectivity index (χ0n) is 19.2. The van der Waals surface area contributed by atoms with Crippen molar-refractivity contribution in [3.8, 4) is 17.9 Å². The largest absolute Gasteiger partial charge is 0.493 e. The van der Waals surface area contributed by atoms with Crippen molar-refractivity contribution in [1.29, 1.82) is 10.5 Å². The average Bonchev–Trinajstić information content (AvgIpc) is 2.84. The molecular weight excluding hydrogens is 471 g/mol. The number of ether oxygens (including phenoxy) is 1. The van der Waals surface area contributed by atoms with E-state index < -0.39 is 21.3 Å². The number of hydrogen-bond acceptors (Lipinski definition) is 7. The third-order valence-corrected chi connectivity index (χ3v) is 8.57. The summed E-state index contributed by atoms with van der Waals surface area (Å²) >= 11 is 0. The predicted octanol–water partition coefficient (Wildman–Crippen LogP) is 2.53. The minimum Gasteiger partial charge on any atom is -0.493 e. The number of aliphatic hydroxyl groups excluding tert-OH is 1. The van der Waals surface area contributed by atoms with Gasteiger partial charge in [-0.3, -0.25) is 0 Å². The zero-order chi connectivity index (χ0) is 25.1. The molecule has 0 aromatic heterocycles. The van der Waals surface area contributed by atoms with E-state index in [1.54, 1.807) is 18.2 Å². The zero-order valence-corrected chi connectivity index (χ0v) is 20.0. The van der Waals surface area contributed by atoms with Crippen molar-refractivity contribution < 1.29 is 22.7 Å². The number of nitrogens with zero attached hydrogens (tertiary/aromatic N) is 3. The molecule has 1 saturated heterocycles. The van der Waals surface area contributed by atoms with Crippen LogP contribution in [0.3, 0.4) is 0 Å². The summed E-state index contributed by atoms with van der Waals surface area (Å²) in [4.78, 5) is -0.0274. The van der Waals surface area contributed by atoms with E-state index in [2.05, 4.69) is 5.32 Å². The van der Waals surface area contributed by atoms with Crippen molar-refractivity contribution in [2.45, 2.75) is 42.7 Å². The summed E-state index contributed by atoms with van der Waals surface area (Å²) < 4.78 is 47.6. The fourth-order valence-corrected chi connectivity index (χ4v) is 6.41. The van der Waals surface area contributed by atoms with Crippen LogP contribution in [0, 0.1) is 33.9 Å². The predicted molar refractivity (Wildman–Crippen MR) is 125 cm³/mol. The second kappa shape index (κ2) is 10.3. The number of rotatable bonds is 8. The minimum absolute atomic E-state index is 0.0274. The Morgan fingerprint density at radius 2 is 1.77 bits per heavy atom. The van der Waals surface area contributed by atoms with Crippen LogP contribution in [0.4, 0.5) is 4.39 Å². The Hall–Kier alpha value is -3.02. The van der Waals surface area contributed by atoms with Crippen LogP contribution in [0.5, 0.6) is 5.75 Å². The van der Waals surface area contributed by atoms with Gasteiger partial charge in [0.2, 0.25) is 10.0 Å². The molecule has 2 aromatic rings. The topological polar surface area (TPSA) is 126 Å². The van der Waals surface area contributed by atoms with Crippen molar-refractivity contribution in [1.82, 2.24) is 9.62 Å². The number of hydrogen-bond donors (Lipinski definition) is 2. The molecule has 0 unspecified atom stereocenters. The van der Waals surface area contributed by atoms with Crippen LogP contribution < -0.4 is 10.1 Å². The summed E-state index contributed by atoms with van der Waals surface area (Å²) in [6.07, 6.45) is 2.82. The molecule has 0 amide bonds. The van der Waals surface area contributed by atoms with Gasteiger partial charge >= 0.3 is 0 Å². The van der Waals surface area contributed by atoms with Crippen LogP contribution in [-0.2, 0) is 10.0 Å². The Morgan fingerprint density at radius 1 is 1.09 bits per heavy atom. The monoisotopic (exact) mass is 498 g/mol. The van der Waals surface area contributed by atoms with Crippen LogP contribution in [-0.4, -0.2) is 56.2 Å². The second-order valence-corrected chi connectivity index (χ2v) is 11.2. The number of sulfonamides is 1. The Morgan fingerprint density at radius 3 is 2.43 bits per heavy atom. The Balaban J connectivity index is 1.49. The van der Waals surface area contributed by atoms with Crippen LogP contribution in [0.25, 0.3) is 0 Å². The van der Waals surface area contributed by atoms with Crippen LogP contribution in [0.1, 0.15) is 36.8 Å². The molecule has 1 heterocycles. The van der Waals surface area contributed by atoms with Crippen molar-refractivity contribution in [3.05, 3.63) is 59.4 Å². The Bertz CT molecular complexity index is 1260. The fourth-order valence-electron chi connectivity index (χ4n) is 4.60. The highest BCUT2D eigenvalue weighted by molar-refractivity contribution is 7.89. The average molecular weight is 499 g/mol. The molecule has 0 spiro atoms. The number of halogens is 1. The molecule has 2 aliphatic rings. The molecule has 1 aliphatic heterocycles. The summed E-state index contributed by atoms with van der Waals surface area (Å²) in [7, 11) is -3.87. The van der Waals surface area contributed by atoms with Gasteiger partial charge < -0.3 is 15.2 Å². The molecule has 0 bridgehead atoms. The van der Waals surface area contributed by atoms with Gasteiger partial charge in [0, 0.05) is 37.2 Å². The number of aliphatic hydroxyl groups is 1. The lowest BCUT2D eigenvalue weighted by atomic mass is 9.81. The van der Waals surface area contributed by atoms with Crippen LogP contribution >= 0.6 is 0 Å². The molecule has 10 heteroatoms. The highest BCUT2D eigenvalue weighted by atomic mass is 32.2. The van der Waals surface area contributed by atoms with Crippen molar-refractivity contribution in [2.24, 2.45) is 5.41 Å². The maximum absolute atomic E-state index is 14.0. The molecule has 184 valence electrons. The number of benzene rings is 2. The summed E-state index contributed by atoms with van der Waals surface area (Å²) in [5, 5.41) is 31.5. The van der Waals surface area contributed by atoms with Crippen molar-refractivity contribution in [2.75, 3.05) is 26.2 Å². The van der Waals surface area contributed by atoms with E-state index >= 15 is 0 Å². The molecular formula is C25H27FN4O4S. The van der Waals surface area contributed by atoms with Gasteiger partial charge in [0.05, 0.1) is 28.7 Å². The molecule has 8 nitrogen and oxygen atoms in total. The van der Waals surface area contributed by atoms with Gasteiger partial charge in [-0.05, 0) is 49.9 Å². The summed E-state index contributed by atoms with van der Waals surface area (Å²) in [5.74, 6) is -0.415. The lowest BCUT2D eigenvalue weighted by Crippen LogP contribution is -2.65. The first kappa shape index (κ1) is 25.1. The molecule has 0 atom stereocenters. The van der Waals surface area contributed by atoms with Gasteiger partial charge in [-0.25, -0.2) is 12.8 Å². The molecule has 1 aliphatic carbocycles. The Kier molecular flexibility index (Phi) is 7.39. The van der Waals surface area contributed by atoms with E-state index in [1.165, 1.54) is 28.6 Å². The first-order valence-electron chi connectivity index (χ1n) is 11.5. The Labute approximate surface area is 204 Å². The van der Waals surface area contributed by atoms with Crippen molar-refractivity contribution >= 4 is 10.0 Å². The molecule has 35 heavy (non-hydrogen) atoms. The second-order valence-electron chi connectivity index (χ2n) is 9.31. The van der Waals surface area contributed by atoms with Gasteiger partial charge in [0.15, 0.2) is 0 Å². The smallest absolute Gasteiger partial charge is 0.244 e. The normalized spacial score (nSPS) is 21.9. The standard InChI is InChI=1S/C25H27FN4O4S/c26-23-11-22(10-5-18(23)12-27)34-17-25(14-29-20-6-8-21(31)9-7-20)15-30(16-25)35(32,33)24-4-2-1-3-19(24)13-28/h1-5,10-11,20-21,29,31H,6-9,14-17H2. The minimum atomic E-state index is -3.87. The molecule has 0 radical (unpaired) electrons. The first-order valence-corrected chi connectivity index (χ1v) is 12.9. The van der Waals surface area contributed by atoms with E-state index in [9.17, 15) is 23.2 Å².